The first kappa shape index (κ1) is 11.9. The van der Waals surface area contributed by atoms with Crippen LogP contribution in [0.3, 0.4) is 0 Å². The van der Waals surface area contributed by atoms with Crippen molar-refractivity contribution in [2.75, 3.05) is 18.5 Å². The highest BCUT2D eigenvalue weighted by Crippen LogP contribution is 2.08. The number of hydrogen-bond donors (Lipinski definition) is 2. The van der Waals surface area contributed by atoms with E-state index >= 15 is 0 Å². The van der Waals surface area contributed by atoms with E-state index in [1.807, 2.05) is 11.9 Å². The van der Waals surface area contributed by atoms with Gasteiger partial charge in [0.2, 0.25) is 0 Å². The lowest BCUT2D eigenvalue weighted by atomic mass is 10.3. The maximum atomic E-state index is 9.15. The molecule has 1 aromatic rings. The normalized spacial score (nSPS) is 12.5. The number of aliphatic hydroxyl groups excluding tert-OH is 2. The lowest BCUT2D eigenvalue weighted by molar-refractivity contribution is 0.186. The first-order chi connectivity index (χ1) is 7.13. The summed E-state index contributed by atoms with van der Waals surface area (Å²) in [5.74, 6) is 0.710. The van der Waals surface area contributed by atoms with Crippen molar-refractivity contribution in [3.63, 3.8) is 0 Å². The summed E-state index contributed by atoms with van der Waals surface area (Å²) in [5.41, 5.74) is 0.552. The molecule has 0 aliphatic carbocycles. The predicted molar refractivity (Wildman–Crippen MR) is 57.5 cm³/mol. The molecule has 0 bridgehead atoms. The molecule has 0 saturated carbocycles. The van der Waals surface area contributed by atoms with Crippen LogP contribution in [0.2, 0.25) is 0 Å². The molecule has 84 valence electrons. The topological polar surface area (TPSA) is 69.5 Å². The Morgan fingerprint density at radius 2 is 2.20 bits per heavy atom. The van der Waals surface area contributed by atoms with Crippen LogP contribution in [-0.4, -0.2) is 39.9 Å². The van der Waals surface area contributed by atoms with Crippen LogP contribution < -0.4 is 4.90 Å². The molecule has 1 heterocycles. The molecule has 1 atom stereocenters. The van der Waals surface area contributed by atoms with Gasteiger partial charge in [-0.15, -0.1) is 0 Å². The molecule has 0 radical (unpaired) electrons. The Labute approximate surface area is 89.4 Å². The van der Waals surface area contributed by atoms with Crippen molar-refractivity contribution >= 4 is 5.82 Å². The fourth-order valence-corrected chi connectivity index (χ4v) is 1.15. The summed E-state index contributed by atoms with van der Waals surface area (Å²) >= 11 is 0. The van der Waals surface area contributed by atoms with E-state index in [1.165, 1.54) is 6.20 Å². The number of nitrogens with zero attached hydrogens (tertiary/aromatic N) is 3. The van der Waals surface area contributed by atoms with E-state index in [2.05, 4.69) is 9.97 Å². The molecule has 5 nitrogen and oxygen atoms in total. The molecule has 1 rings (SSSR count). The zero-order valence-corrected chi connectivity index (χ0v) is 9.09. The quantitative estimate of drug-likeness (QED) is 0.727. The van der Waals surface area contributed by atoms with Gasteiger partial charge < -0.3 is 15.1 Å². The third kappa shape index (κ3) is 3.81. The lowest BCUT2D eigenvalue weighted by Crippen LogP contribution is -2.23. The second-order valence-corrected chi connectivity index (χ2v) is 3.59. The SMILES string of the molecule is CC(O)CCN(C)c1cncc(CO)n1. The van der Waals surface area contributed by atoms with Crippen molar-refractivity contribution in [1.82, 2.24) is 9.97 Å². The van der Waals surface area contributed by atoms with Crippen LogP contribution in [0.4, 0.5) is 5.82 Å². The Bertz CT molecular complexity index is 304. The molecule has 1 unspecified atom stereocenters. The van der Waals surface area contributed by atoms with Gasteiger partial charge in [0.25, 0.3) is 0 Å². The van der Waals surface area contributed by atoms with Crippen LogP contribution >= 0.6 is 0 Å². The molecule has 0 aromatic carbocycles. The van der Waals surface area contributed by atoms with Crippen LogP contribution in [-0.2, 0) is 6.61 Å². The number of aromatic nitrogens is 2. The van der Waals surface area contributed by atoms with Crippen molar-refractivity contribution in [3.8, 4) is 0 Å². The summed E-state index contributed by atoms with van der Waals surface area (Å²) in [4.78, 5) is 10.1. The Hall–Kier alpha value is -1.20. The maximum absolute atomic E-state index is 9.15. The largest absolute Gasteiger partial charge is 0.393 e. The average Bonchev–Trinajstić information content (AvgIpc) is 2.26. The molecular formula is C10H17N3O2. The summed E-state index contributed by atoms with van der Waals surface area (Å²) in [6.45, 7) is 2.36. The second kappa shape index (κ2) is 5.63. The van der Waals surface area contributed by atoms with Crippen LogP contribution in [0.1, 0.15) is 19.0 Å². The van der Waals surface area contributed by atoms with Crippen LogP contribution in [0.25, 0.3) is 0 Å². The number of hydrogen-bond acceptors (Lipinski definition) is 5. The fraction of sp³-hybridized carbons (Fsp3) is 0.600. The molecule has 1 aromatic heterocycles. The van der Waals surface area contributed by atoms with E-state index in [0.717, 1.165) is 0 Å². The Morgan fingerprint density at radius 3 is 2.80 bits per heavy atom. The van der Waals surface area contributed by atoms with Crippen molar-refractivity contribution in [1.29, 1.82) is 0 Å². The molecule has 0 spiro atoms. The minimum absolute atomic E-state index is 0.106. The van der Waals surface area contributed by atoms with Gasteiger partial charge in [-0.25, -0.2) is 4.98 Å². The van der Waals surface area contributed by atoms with Gasteiger partial charge in [-0.2, -0.15) is 0 Å². The standard InChI is InChI=1S/C10H17N3O2/c1-8(15)3-4-13(2)10-6-11-5-9(7-14)12-10/h5-6,8,14-15H,3-4,7H2,1-2H3. The van der Waals surface area contributed by atoms with E-state index in [0.29, 0.717) is 24.5 Å². The molecule has 5 heteroatoms. The lowest BCUT2D eigenvalue weighted by Gasteiger charge is -2.18. The van der Waals surface area contributed by atoms with Crippen molar-refractivity contribution in [3.05, 3.63) is 18.1 Å². The summed E-state index contributed by atoms with van der Waals surface area (Å²) in [6, 6.07) is 0. The van der Waals surface area contributed by atoms with Gasteiger partial charge in [0.15, 0.2) is 0 Å². The van der Waals surface area contributed by atoms with Gasteiger partial charge in [-0.05, 0) is 13.3 Å². The van der Waals surface area contributed by atoms with Crippen molar-refractivity contribution < 1.29 is 10.2 Å². The number of aliphatic hydroxyl groups is 2. The van der Waals surface area contributed by atoms with Gasteiger partial charge in [0.05, 0.1) is 30.8 Å². The first-order valence-electron chi connectivity index (χ1n) is 4.94. The van der Waals surface area contributed by atoms with Crippen LogP contribution in [0, 0.1) is 0 Å². The van der Waals surface area contributed by atoms with Gasteiger partial charge in [-0.1, -0.05) is 0 Å². The third-order valence-corrected chi connectivity index (χ3v) is 2.11. The van der Waals surface area contributed by atoms with E-state index < -0.39 is 0 Å². The van der Waals surface area contributed by atoms with E-state index in [1.54, 1.807) is 13.1 Å². The molecule has 0 aliphatic heterocycles. The van der Waals surface area contributed by atoms with Crippen LogP contribution in [0.15, 0.2) is 12.4 Å². The Balaban J connectivity index is 2.60. The molecule has 0 aliphatic rings. The minimum Gasteiger partial charge on any atom is -0.393 e. The monoisotopic (exact) mass is 211 g/mol. The average molecular weight is 211 g/mol. The minimum atomic E-state index is -0.318. The smallest absolute Gasteiger partial charge is 0.147 e. The molecule has 15 heavy (non-hydrogen) atoms. The van der Waals surface area contributed by atoms with Crippen molar-refractivity contribution in [2.45, 2.75) is 26.1 Å². The van der Waals surface area contributed by atoms with Gasteiger partial charge >= 0.3 is 0 Å². The molecular weight excluding hydrogens is 194 g/mol. The Morgan fingerprint density at radius 1 is 1.47 bits per heavy atom. The summed E-state index contributed by atoms with van der Waals surface area (Å²) < 4.78 is 0. The fourth-order valence-electron chi connectivity index (χ4n) is 1.15. The van der Waals surface area contributed by atoms with Gasteiger partial charge in [0, 0.05) is 13.6 Å². The Kier molecular flexibility index (Phi) is 4.45. The molecule has 0 amide bonds. The first-order valence-corrected chi connectivity index (χ1v) is 4.94. The zero-order chi connectivity index (χ0) is 11.3. The predicted octanol–water partition coefficient (Wildman–Crippen LogP) is 0.176. The third-order valence-electron chi connectivity index (χ3n) is 2.11. The zero-order valence-electron chi connectivity index (χ0n) is 9.09. The van der Waals surface area contributed by atoms with Gasteiger partial charge in [-0.3, -0.25) is 4.98 Å². The summed E-state index contributed by atoms with van der Waals surface area (Å²) in [6.07, 6.45) is 3.54. The van der Waals surface area contributed by atoms with E-state index in [4.69, 9.17) is 10.2 Å². The highest BCUT2D eigenvalue weighted by atomic mass is 16.3. The number of rotatable bonds is 5. The summed E-state index contributed by atoms with van der Waals surface area (Å²) in [5, 5.41) is 18.0. The number of anilines is 1. The second-order valence-electron chi connectivity index (χ2n) is 3.59. The van der Waals surface area contributed by atoms with E-state index in [-0.39, 0.29) is 12.7 Å². The maximum Gasteiger partial charge on any atom is 0.147 e. The molecule has 0 fully saturated rings. The highest BCUT2D eigenvalue weighted by Gasteiger charge is 2.05. The van der Waals surface area contributed by atoms with E-state index in [9.17, 15) is 0 Å². The van der Waals surface area contributed by atoms with Gasteiger partial charge in [0.1, 0.15) is 5.82 Å². The van der Waals surface area contributed by atoms with Crippen molar-refractivity contribution in [2.24, 2.45) is 0 Å². The molecule has 2 N–H and O–H groups in total. The highest BCUT2D eigenvalue weighted by molar-refractivity contribution is 5.34. The summed E-state index contributed by atoms with van der Waals surface area (Å²) in [7, 11) is 1.88. The molecule has 0 saturated heterocycles. The van der Waals surface area contributed by atoms with Crippen LogP contribution in [0.5, 0.6) is 0 Å².